The van der Waals surface area contributed by atoms with Gasteiger partial charge < -0.3 is 0 Å². The predicted molar refractivity (Wildman–Crippen MR) is 85.1 cm³/mol. The molecular weight excluding hydrogens is 298 g/mol. The lowest BCUT2D eigenvalue weighted by Gasteiger charge is -2.09. The van der Waals surface area contributed by atoms with Gasteiger partial charge in [-0.1, -0.05) is 6.07 Å². The number of benzene rings is 1. The highest BCUT2D eigenvalue weighted by molar-refractivity contribution is 5.67. The van der Waals surface area contributed by atoms with Gasteiger partial charge in [-0.25, -0.2) is 9.59 Å². The van der Waals surface area contributed by atoms with Crippen LogP contribution in [0.5, 0.6) is 0 Å². The standard InChI is InChI=1S/C15H15N5O3/c1-8-5-6-10(7-9(8)2)20-14(22)16-12-11(17-20)13(21)19(4)15(23)18(12)3/h5-7H,1-4H3. The Balaban J connectivity index is 2.43. The zero-order valence-electron chi connectivity index (χ0n) is 13.2. The number of fused-ring (bicyclic) bond motifs is 1. The topological polar surface area (TPSA) is 91.8 Å². The second-order valence-corrected chi connectivity index (χ2v) is 5.45. The molecule has 0 atom stereocenters. The SMILES string of the molecule is Cc1ccc(-n2nc3c(=O)n(C)c(=O)n(C)c3nc2=O)cc1C. The van der Waals surface area contributed by atoms with E-state index in [0.717, 1.165) is 24.9 Å². The van der Waals surface area contributed by atoms with Gasteiger partial charge in [-0.05, 0) is 37.1 Å². The van der Waals surface area contributed by atoms with E-state index in [1.165, 1.54) is 14.1 Å². The Hall–Kier alpha value is -3.03. The molecule has 8 nitrogen and oxygen atoms in total. The van der Waals surface area contributed by atoms with Crippen LogP contribution in [0.3, 0.4) is 0 Å². The molecule has 0 unspecified atom stereocenters. The summed E-state index contributed by atoms with van der Waals surface area (Å²) in [7, 11) is 2.80. The van der Waals surface area contributed by atoms with Crippen molar-refractivity contribution in [2.45, 2.75) is 13.8 Å². The summed E-state index contributed by atoms with van der Waals surface area (Å²) >= 11 is 0. The summed E-state index contributed by atoms with van der Waals surface area (Å²) in [6.07, 6.45) is 0. The summed E-state index contributed by atoms with van der Waals surface area (Å²) in [4.78, 5) is 40.3. The lowest BCUT2D eigenvalue weighted by Crippen LogP contribution is -2.40. The Labute approximate surface area is 130 Å². The molecule has 2 aromatic heterocycles. The smallest absolute Gasteiger partial charge is 0.279 e. The Morgan fingerprint density at radius 2 is 1.65 bits per heavy atom. The average Bonchev–Trinajstić information content (AvgIpc) is 2.53. The first kappa shape index (κ1) is 14.9. The second-order valence-electron chi connectivity index (χ2n) is 5.45. The minimum atomic E-state index is -0.649. The van der Waals surface area contributed by atoms with E-state index >= 15 is 0 Å². The fourth-order valence-electron chi connectivity index (χ4n) is 2.34. The summed E-state index contributed by atoms with van der Waals surface area (Å²) in [5.41, 5.74) is 0.731. The van der Waals surface area contributed by atoms with Crippen LogP contribution in [0.4, 0.5) is 0 Å². The monoisotopic (exact) mass is 313 g/mol. The molecule has 0 fully saturated rings. The van der Waals surface area contributed by atoms with Crippen LogP contribution in [0.25, 0.3) is 16.9 Å². The van der Waals surface area contributed by atoms with Crippen molar-refractivity contribution in [2.75, 3.05) is 0 Å². The maximum atomic E-state index is 12.3. The molecule has 2 heterocycles. The minimum absolute atomic E-state index is 0.0248. The number of aromatic nitrogens is 5. The molecule has 0 saturated heterocycles. The van der Waals surface area contributed by atoms with Crippen molar-refractivity contribution >= 4 is 11.2 Å². The molecule has 0 spiro atoms. The first-order valence-electron chi connectivity index (χ1n) is 6.96. The number of nitrogens with zero attached hydrogens (tertiary/aromatic N) is 5. The van der Waals surface area contributed by atoms with Crippen molar-refractivity contribution in [1.82, 2.24) is 23.9 Å². The van der Waals surface area contributed by atoms with Crippen LogP contribution < -0.4 is 16.9 Å². The van der Waals surface area contributed by atoms with E-state index in [0.29, 0.717) is 5.69 Å². The van der Waals surface area contributed by atoms with E-state index < -0.39 is 16.9 Å². The number of hydrogen-bond donors (Lipinski definition) is 0. The third kappa shape index (κ3) is 2.19. The Morgan fingerprint density at radius 1 is 0.957 bits per heavy atom. The molecule has 118 valence electrons. The highest BCUT2D eigenvalue weighted by Gasteiger charge is 2.14. The van der Waals surface area contributed by atoms with Gasteiger partial charge in [-0.3, -0.25) is 13.9 Å². The Morgan fingerprint density at radius 3 is 2.30 bits per heavy atom. The molecule has 23 heavy (non-hydrogen) atoms. The molecule has 1 aromatic carbocycles. The highest BCUT2D eigenvalue weighted by Crippen LogP contribution is 2.12. The van der Waals surface area contributed by atoms with Gasteiger partial charge in [0.05, 0.1) is 5.69 Å². The average molecular weight is 313 g/mol. The van der Waals surface area contributed by atoms with E-state index in [2.05, 4.69) is 10.1 Å². The molecule has 0 bridgehead atoms. The molecule has 8 heteroatoms. The van der Waals surface area contributed by atoms with Crippen LogP contribution in [0.1, 0.15) is 11.1 Å². The highest BCUT2D eigenvalue weighted by atomic mass is 16.2. The summed E-state index contributed by atoms with van der Waals surface area (Å²) in [5.74, 6) is 0. The summed E-state index contributed by atoms with van der Waals surface area (Å²) in [6.45, 7) is 3.88. The maximum Gasteiger partial charge on any atom is 0.370 e. The zero-order chi connectivity index (χ0) is 16.9. The third-order valence-electron chi connectivity index (χ3n) is 3.93. The van der Waals surface area contributed by atoms with Gasteiger partial charge in [0.2, 0.25) is 0 Å². The van der Waals surface area contributed by atoms with Crippen molar-refractivity contribution in [3.8, 4) is 5.69 Å². The third-order valence-corrected chi connectivity index (χ3v) is 3.93. The fourth-order valence-corrected chi connectivity index (χ4v) is 2.34. The van der Waals surface area contributed by atoms with Crippen molar-refractivity contribution in [3.63, 3.8) is 0 Å². The van der Waals surface area contributed by atoms with Crippen LogP contribution in [-0.2, 0) is 14.1 Å². The van der Waals surface area contributed by atoms with E-state index in [9.17, 15) is 14.4 Å². The molecule has 3 rings (SSSR count). The lowest BCUT2D eigenvalue weighted by atomic mass is 10.1. The van der Waals surface area contributed by atoms with Crippen molar-refractivity contribution in [1.29, 1.82) is 0 Å². The van der Waals surface area contributed by atoms with Crippen LogP contribution in [-0.4, -0.2) is 23.9 Å². The van der Waals surface area contributed by atoms with Crippen LogP contribution in [0, 0.1) is 13.8 Å². The number of rotatable bonds is 1. The van der Waals surface area contributed by atoms with E-state index in [1.807, 2.05) is 19.9 Å². The Bertz CT molecular complexity index is 1120. The van der Waals surface area contributed by atoms with E-state index in [-0.39, 0.29) is 11.2 Å². The van der Waals surface area contributed by atoms with Gasteiger partial charge in [0.1, 0.15) is 0 Å². The maximum absolute atomic E-state index is 12.3. The first-order valence-corrected chi connectivity index (χ1v) is 6.96. The molecule has 3 aromatic rings. The van der Waals surface area contributed by atoms with Gasteiger partial charge in [0.25, 0.3) is 5.56 Å². The normalized spacial score (nSPS) is 11.1. The van der Waals surface area contributed by atoms with Gasteiger partial charge in [0.15, 0.2) is 11.2 Å². The first-order chi connectivity index (χ1) is 10.8. The number of hydrogen-bond acceptors (Lipinski definition) is 5. The molecule has 0 aliphatic heterocycles. The molecular formula is C15H15N5O3. The predicted octanol–water partition coefficient (Wildman–Crippen LogP) is -0.205. The molecule has 0 radical (unpaired) electrons. The molecule has 0 aliphatic rings. The molecule has 0 saturated carbocycles. The summed E-state index contributed by atoms with van der Waals surface area (Å²) in [6, 6.07) is 5.39. The van der Waals surface area contributed by atoms with Gasteiger partial charge in [-0.15, -0.1) is 0 Å². The van der Waals surface area contributed by atoms with Crippen molar-refractivity contribution in [2.24, 2.45) is 14.1 Å². The molecule has 0 N–H and O–H groups in total. The van der Waals surface area contributed by atoms with E-state index in [4.69, 9.17) is 0 Å². The number of aryl methyl sites for hydroxylation is 3. The largest absolute Gasteiger partial charge is 0.370 e. The lowest BCUT2D eigenvalue weighted by molar-refractivity contribution is 0.683. The Kier molecular flexibility index (Phi) is 3.24. The van der Waals surface area contributed by atoms with E-state index in [1.54, 1.807) is 12.1 Å². The van der Waals surface area contributed by atoms with Crippen molar-refractivity contribution in [3.05, 3.63) is 60.6 Å². The van der Waals surface area contributed by atoms with Crippen molar-refractivity contribution < 1.29 is 0 Å². The van der Waals surface area contributed by atoms with Crippen LogP contribution in [0.15, 0.2) is 32.6 Å². The molecule has 0 aliphatic carbocycles. The van der Waals surface area contributed by atoms with Gasteiger partial charge >= 0.3 is 11.4 Å². The fraction of sp³-hybridized carbons (Fsp3) is 0.267. The van der Waals surface area contributed by atoms with Gasteiger partial charge in [-0.2, -0.15) is 14.8 Å². The quantitative estimate of drug-likeness (QED) is 0.620. The van der Waals surface area contributed by atoms with Crippen LogP contribution >= 0.6 is 0 Å². The van der Waals surface area contributed by atoms with Gasteiger partial charge in [0, 0.05) is 14.1 Å². The van der Waals surface area contributed by atoms with Crippen LogP contribution in [0.2, 0.25) is 0 Å². The zero-order valence-corrected chi connectivity index (χ0v) is 13.2. The second kappa shape index (κ2) is 5.01. The molecule has 0 amide bonds. The summed E-state index contributed by atoms with van der Waals surface area (Å²) in [5, 5.41) is 4.13. The minimum Gasteiger partial charge on any atom is -0.279 e. The summed E-state index contributed by atoms with van der Waals surface area (Å²) < 4.78 is 3.14.